The van der Waals surface area contributed by atoms with Crippen molar-refractivity contribution in [3.63, 3.8) is 0 Å². The molecule has 5 nitrogen and oxygen atoms in total. The molecule has 2 unspecified atom stereocenters. The zero-order valence-electron chi connectivity index (χ0n) is 11.4. The Hall–Kier alpha value is -1.78. The first-order valence-corrected chi connectivity index (χ1v) is 6.65. The number of hydrogen-bond acceptors (Lipinski definition) is 3. The Morgan fingerprint density at radius 2 is 2.05 bits per heavy atom. The van der Waals surface area contributed by atoms with Gasteiger partial charge in [0.2, 0.25) is 0 Å². The third-order valence-corrected chi connectivity index (χ3v) is 3.35. The lowest BCUT2D eigenvalue weighted by Gasteiger charge is -2.34. The van der Waals surface area contributed by atoms with Gasteiger partial charge in [-0.25, -0.2) is 0 Å². The van der Waals surface area contributed by atoms with Gasteiger partial charge in [0.25, 0.3) is 0 Å². The van der Waals surface area contributed by atoms with Crippen molar-refractivity contribution < 1.29 is 14.0 Å². The molecule has 0 aliphatic carbocycles. The molecule has 1 aromatic heterocycles. The topological polar surface area (TPSA) is 62.6 Å². The summed E-state index contributed by atoms with van der Waals surface area (Å²) in [5.74, 6) is 0.542. The molecule has 0 saturated carbocycles. The molecule has 2 atom stereocenters. The van der Waals surface area contributed by atoms with Crippen molar-refractivity contribution in [3.8, 4) is 0 Å². The summed E-state index contributed by atoms with van der Waals surface area (Å²) >= 11 is 0. The predicted octanol–water partition coefficient (Wildman–Crippen LogP) is 1.40. The fraction of sp³-hybridized carbons (Fsp3) is 0.571. The Kier molecular flexibility index (Phi) is 4.24. The van der Waals surface area contributed by atoms with Crippen molar-refractivity contribution in [1.29, 1.82) is 0 Å². The average Bonchev–Trinajstić information content (AvgIpc) is 2.87. The molecule has 0 bridgehead atoms. The number of nitrogens with zero attached hydrogens (tertiary/aromatic N) is 1. The minimum atomic E-state index is -0.558. The Morgan fingerprint density at radius 3 is 2.63 bits per heavy atom. The molecule has 1 aromatic rings. The molecule has 104 valence electrons. The third-order valence-electron chi connectivity index (χ3n) is 3.35. The second kappa shape index (κ2) is 5.91. The van der Waals surface area contributed by atoms with Crippen molar-refractivity contribution >= 4 is 11.8 Å². The molecule has 1 fully saturated rings. The minimum absolute atomic E-state index is 0.247. The van der Waals surface area contributed by atoms with Crippen LogP contribution >= 0.6 is 0 Å². The van der Waals surface area contributed by atoms with Crippen LogP contribution in [0.4, 0.5) is 0 Å². The number of carbonyl (C=O) groups excluding carboxylic acids is 2. The summed E-state index contributed by atoms with van der Waals surface area (Å²) in [7, 11) is 0. The van der Waals surface area contributed by atoms with Crippen LogP contribution in [0.5, 0.6) is 0 Å². The number of nitrogens with one attached hydrogen (secondary N) is 1. The van der Waals surface area contributed by atoms with Gasteiger partial charge >= 0.3 is 11.8 Å². The molecule has 0 aromatic carbocycles. The monoisotopic (exact) mass is 264 g/mol. The van der Waals surface area contributed by atoms with E-state index in [0.717, 1.165) is 6.42 Å². The number of piperidine rings is 1. The highest BCUT2D eigenvalue weighted by Gasteiger charge is 2.29. The average molecular weight is 264 g/mol. The van der Waals surface area contributed by atoms with E-state index in [1.54, 1.807) is 17.0 Å². The molecular weight excluding hydrogens is 244 g/mol. The molecule has 5 heteroatoms. The van der Waals surface area contributed by atoms with Crippen molar-refractivity contribution in [2.75, 3.05) is 13.1 Å². The maximum atomic E-state index is 12.0. The van der Waals surface area contributed by atoms with Crippen LogP contribution in [0.15, 0.2) is 22.8 Å². The van der Waals surface area contributed by atoms with Crippen LogP contribution < -0.4 is 5.32 Å². The van der Waals surface area contributed by atoms with Gasteiger partial charge < -0.3 is 14.6 Å². The van der Waals surface area contributed by atoms with E-state index in [2.05, 4.69) is 19.2 Å². The zero-order chi connectivity index (χ0) is 13.8. The number of likely N-dealkylation sites (tertiary alicyclic amines) is 1. The number of carbonyl (C=O) groups is 2. The second-order valence-electron chi connectivity index (χ2n) is 5.42. The van der Waals surface area contributed by atoms with Crippen LogP contribution in [0, 0.1) is 11.8 Å². The van der Waals surface area contributed by atoms with E-state index < -0.39 is 11.8 Å². The highest BCUT2D eigenvalue weighted by molar-refractivity contribution is 6.34. The number of amides is 2. The van der Waals surface area contributed by atoms with Crippen LogP contribution in [0.2, 0.25) is 0 Å². The highest BCUT2D eigenvalue weighted by Crippen LogP contribution is 2.20. The Morgan fingerprint density at radius 1 is 1.37 bits per heavy atom. The van der Waals surface area contributed by atoms with Crippen LogP contribution in [0.1, 0.15) is 26.0 Å². The molecule has 0 spiro atoms. The summed E-state index contributed by atoms with van der Waals surface area (Å²) in [6.45, 7) is 5.79. The van der Waals surface area contributed by atoms with Crippen LogP contribution in [0.3, 0.4) is 0 Å². The Labute approximate surface area is 113 Å². The van der Waals surface area contributed by atoms with E-state index in [-0.39, 0.29) is 6.54 Å². The summed E-state index contributed by atoms with van der Waals surface area (Å²) in [4.78, 5) is 25.5. The predicted molar refractivity (Wildman–Crippen MR) is 70.1 cm³/mol. The normalized spacial score (nSPS) is 23.2. The van der Waals surface area contributed by atoms with Crippen molar-refractivity contribution in [3.05, 3.63) is 24.2 Å². The Bertz CT molecular complexity index is 432. The lowest BCUT2D eigenvalue weighted by atomic mass is 9.92. The first kappa shape index (κ1) is 13.6. The zero-order valence-corrected chi connectivity index (χ0v) is 11.4. The molecule has 0 radical (unpaired) electrons. The van der Waals surface area contributed by atoms with Gasteiger partial charge in [-0.2, -0.15) is 0 Å². The van der Waals surface area contributed by atoms with Crippen molar-refractivity contribution in [2.45, 2.75) is 26.8 Å². The highest BCUT2D eigenvalue weighted by atomic mass is 16.3. The lowest BCUT2D eigenvalue weighted by Crippen LogP contribution is -2.48. The molecule has 1 aliphatic rings. The van der Waals surface area contributed by atoms with Crippen LogP contribution in [0.25, 0.3) is 0 Å². The first-order valence-electron chi connectivity index (χ1n) is 6.65. The molecule has 2 amide bonds. The van der Waals surface area contributed by atoms with Gasteiger partial charge in [0.05, 0.1) is 12.8 Å². The number of rotatable bonds is 2. The molecule has 1 aliphatic heterocycles. The number of hydrogen-bond donors (Lipinski definition) is 1. The lowest BCUT2D eigenvalue weighted by molar-refractivity contribution is -0.147. The van der Waals surface area contributed by atoms with Gasteiger partial charge in [0, 0.05) is 13.1 Å². The van der Waals surface area contributed by atoms with E-state index >= 15 is 0 Å². The standard InChI is InChI=1S/C14H20N2O3/c1-10-6-11(2)9-16(8-10)14(18)13(17)15-7-12-4-3-5-19-12/h3-5,10-11H,6-9H2,1-2H3,(H,15,17). The molecule has 2 heterocycles. The summed E-state index contributed by atoms with van der Waals surface area (Å²) < 4.78 is 5.10. The van der Waals surface area contributed by atoms with Gasteiger partial charge in [-0.15, -0.1) is 0 Å². The van der Waals surface area contributed by atoms with Crippen LogP contribution in [-0.2, 0) is 16.1 Å². The quantitative estimate of drug-likeness (QED) is 0.821. The van der Waals surface area contributed by atoms with E-state index in [9.17, 15) is 9.59 Å². The summed E-state index contributed by atoms with van der Waals surface area (Å²) in [6.07, 6.45) is 2.65. The SMILES string of the molecule is CC1CC(C)CN(C(=O)C(=O)NCc2ccco2)C1. The van der Waals surface area contributed by atoms with Gasteiger partial charge in [0.15, 0.2) is 0 Å². The van der Waals surface area contributed by atoms with E-state index in [1.807, 2.05) is 0 Å². The minimum Gasteiger partial charge on any atom is -0.467 e. The summed E-state index contributed by atoms with van der Waals surface area (Å²) in [5, 5.41) is 2.59. The molecule has 2 rings (SSSR count). The maximum Gasteiger partial charge on any atom is 0.311 e. The second-order valence-corrected chi connectivity index (χ2v) is 5.42. The molecular formula is C14H20N2O3. The maximum absolute atomic E-state index is 12.0. The smallest absolute Gasteiger partial charge is 0.311 e. The van der Waals surface area contributed by atoms with Gasteiger partial charge in [-0.3, -0.25) is 9.59 Å². The van der Waals surface area contributed by atoms with Crippen molar-refractivity contribution in [2.24, 2.45) is 11.8 Å². The van der Waals surface area contributed by atoms with Crippen molar-refractivity contribution in [1.82, 2.24) is 10.2 Å². The molecule has 1 saturated heterocycles. The van der Waals surface area contributed by atoms with Gasteiger partial charge in [-0.1, -0.05) is 13.8 Å². The van der Waals surface area contributed by atoms with Gasteiger partial charge in [-0.05, 0) is 30.4 Å². The fourth-order valence-electron chi connectivity index (χ4n) is 2.63. The summed E-state index contributed by atoms with van der Waals surface area (Å²) in [6, 6.07) is 3.51. The van der Waals surface area contributed by atoms with E-state index in [4.69, 9.17) is 4.42 Å². The van der Waals surface area contributed by atoms with Crippen LogP contribution in [-0.4, -0.2) is 29.8 Å². The fourth-order valence-corrected chi connectivity index (χ4v) is 2.63. The third kappa shape index (κ3) is 3.59. The van der Waals surface area contributed by atoms with E-state index in [1.165, 1.54) is 6.26 Å². The first-order chi connectivity index (χ1) is 9.06. The van der Waals surface area contributed by atoms with Gasteiger partial charge in [0.1, 0.15) is 5.76 Å². The van der Waals surface area contributed by atoms with E-state index in [0.29, 0.717) is 30.7 Å². The molecule has 19 heavy (non-hydrogen) atoms. The number of furan rings is 1. The summed E-state index contributed by atoms with van der Waals surface area (Å²) in [5.41, 5.74) is 0. The molecule has 1 N–H and O–H groups in total. The largest absolute Gasteiger partial charge is 0.467 e. The Balaban J connectivity index is 1.86.